The van der Waals surface area contributed by atoms with Gasteiger partial charge in [0.1, 0.15) is 0 Å². The summed E-state index contributed by atoms with van der Waals surface area (Å²) in [5.41, 5.74) is 3.22. The predicted molar refractivity (Wildman–Crippen MR) is 95.8 cm³/mol. The summed E-state index contributed by atoms with van der Waals surface area (Å²) < 4.78 is 6.88. The van der Waals surface area contributed by atoms with Crippen LogP contribution in [-0.4, -0.2) is 34.3 Å². The zero-order valence-corrected chi connectivity index (χ0v) is 15.2. The first kappa shape index (κ1) is 18.7. The summed E-state index contributed by atoms with van der Waals surface area (Å²) in [6.07, 6.45) is 1.89. The van der Waals surface area contributed by atoms with Crippen molar-refractivity contribution in [2.24, 2.45) is 0 Å². The molecule has 0 aliphatic carbocycles. The molecule has 25 heavy (non-hydrogen) atoms. The van der Waals surface area contributed by atoms with Gasteiger partial charge in [-0.1, -0.05) is 13.3 Å². The highest BCUT2D eigenvalue weighted by atomic mass is 16.5. The number of esters is 1. The lowest BCUT2D eigenvalue weighted by molar-refractivity contribution is -0.124. The minimum atomic E-state index is -0.516. The zero-order valence-electron chi connectivity index (χ0n) is 15.2. The number of nitrogens with zero attached hydrogens (tertiary/aromatic N) is 2. The number of benzene rings is 1. The van der Waals surface area contributed by atoms with Gasteiger partial charge < -0.3 is 10.1 Å². The van der Waals surface area contributed by atoms with Crippen molar-refractivity contribution < 1.29 is 14.3 Å². The molecule has 6 nitrogen and oxygen atoms in total. The van der Waals surface area contributed by atoms with E-state index in [1.54, 1.807) is 24.3 Å². The lowest BCUT2D eigenvalue weighted by Gasteiger charge is -2.12. The van der Waals surface area contributed by atoms with Gasteiger partial charge in [0.15, 0.2) is 6.61 Å². The highest BCUT2D eigenvalue weighted by Gasteiger charge is 2.12. The number of rotatable bonds is 7. The van der Waals surface area contributed by atoms with Gasteiger partial charge in [-0.25, -0.2) is 9.48 Å². The quantitative estimate of drug-likeness (QED) is 0.785. The third-order valence-corrected chi connectivity index (χ3v) is 3.82. The molecule has 134 valence electrons. The number of aryl methyl sites for hydroxylation is 2. The van der Waals surface area contributed by atoms with Crippen molar-refractivity contribution in [2.75, 3.05) is 6.61 Å². The maximum absolute atomic E-state index is 12.1. The summed E-state index contributed by atoms with van der Waals surface area (Å²) in [6, 6.07) is 9.02. The summed E-state index contributed by atoms with van der Waals surface area (Å²) in [7, 11) is 0. The van der Waals surface area contributed by atoms with Gasteiger partial charge in [-0.2, -0.15) is 5.10 Å². The first-order valence-corrected chi connectivity index (χ1v) is 8.51. The van der Waals surface area contributed by atoms with Crippen LogP contribution < -0.4 is 5.32 Å². The van der Waals surface area contributed by atoms with Crippen molar-refractivity contribution in [1.29, 1.82) is 0 Å². The van der Waals surface area contributed by atoms with Gasteiger partial charge in [-0.3, -0.25) is 4.79 Å². The van der Waals surface area contributed by atoms with Gasteiger partial charge in [-0.05, 0) is 57.5 Å². The smallest absolute Gasteiger partial charge is 0.338 e. The highest BCUT2D eigenvalue weighted by Crippen LogP contribution is 2.13. The van der Waals surface area contributed by atoms with E-state index < -0.39 is 5.97 Å². The Bertz CT molecular complexity index is 735. The highest BCUT2D eigenvalue weighted by molar-refractivity contribution is 5.91. The van der Waals surface area contributed by atoms with Gasteiger partial charge in [0.25, 0.3) is 5.91 Å². The third kappa shape index (κ3) is 5.17. The van der Waals surface area contributed by atoms with Crippen LogP contribution in [0.15, 0.2) is 30.3 Å². The first-order chi connectivity index (χ1) is 11.9. The van der Waals surface area contributed by atoms with E-state index >= 15 is 0 Å². The fourth-order valence-electron chi connectivity index (χ4n) is 2.67. The molecule has 6 heteroatoms. The van der Waals surface area contributed by atoms with Crippen LogP contribution in [0.4, 0.5) is 0 Å². The lowest BCUT2D eigenvalue weighted by atomic mass is 10.2. The Morgan fingerprint density at radius 1 is 1.24 bits per heavy atom. The van der Waals surface area contributed by atoms with Gasteiger partial charge in [0.05, 0.1) is 16.9 Å². The average Bonchev–Trinajstić information content (AvgIpc) is 2.91. The molecule has 0 bridgehead atoms. The van der Waals surface area contributed by atoms with Crippen LogP contribution in [0, 0.1) is 13.8 Å². The van der Waals surface area contributed by atoms with Crippen molar-refractivity contribution in [3.8, 4) is 5.69 Å². The standard InChI is InChI=1S/C19H25N3O3/c1-5-6-13(2)20-18(23)12-25-19(24)16-7-9-17(10-8-16)22-15(4)11-14(3)21-22/h7-11,13H,5-6,12H2,1-4H3,(H,20,23)/t13-/m0/s1. The second-order valence-electron chi connectivity index (χ2n) is 6.22. The van der Waals surface area contributed by atoms with Crippen molar-refractivity contribution in [3.05, 3.63) is 47.3 Å². The fraction of sp³-hybridized carbons (Fsp3) is 0.421. The molecule has 0 aliphatic rings. The molecule has 0 radical (unpaired) electrons. The van der Waals surface area contributed by atoms with Crippen molar-refractivity contribution in [2.45, 2.75) is 46.6 Å². The van der Waals surface area contributed by atoms with Gasteiger partial charge in [-0.15, -0.1) is 0 Å². The number of carbonyl (C=O) groups is 2. The monoisotopic (exact) mass is 343 g/mol. The molecule has 0 saturated heterocycles. The molecule has 0 saturated carbocycles. The van der Waals surface area contributed by atoms with Crippen molar-refractivity contribution >= 4 is 11.9 Å². The Labute approximate surface area is 148 Å². The van der Waals surface area contributed by atoms with Crippen molar-refractivity contribution in [1.82, 2.24) is 15.1 Å². The lowest BCUT2D eigenvalue weighted by Crippen LogP contribution is -2.35. The average molecular weight is 343 g/mol. The molecule has 1 N–H and O–H groups in total. The topological polar surface area (TPSA) is 73.2 Å². The fourth-order valence-corrected chi connectivity index (χ4v) is 2.67. The van der Waals surface area contributed by atoms with E-state index in [1.807, 2.05) is 31.5 Å². The molecular weight excluding hydrogens is 318 g/mol. The Morgan fingerprint density at radius 2 is 1.92 bits per heavy atom. The number of aromatic nitrogens is 2. The maximum Gasteiger partial charge on any atom is 0.338 e. The number of hydrogen-bond acceptors (Lipinski definition) is 4. The summed E-state index contributed by atoms with van der Waals surface area (Å²) >= 11 is 0. The van der Waals surface area contributed by atoms with Crippen LogP contribution in [0.25, 0.3) is 5.69 Å². The van der Waals surface area contributed by atoms with Crippen LogP contribution in [0.3, 0.4) is 0 Å². The van der Waals surface area contributed by atoms with Gasteiger partial charge >= 0.3 is 5.97 Å². The minimum absolute atomic E-state index is 0.0799. The Hall–Kier alpha value is -2.63. The second-order valence-corrected chi connectivity index (χ2v) is 6.22. The van der Waals surface area contributed by atoms with Crippen LogP contribution in [0.5, 0.6) is 0 Å². The molecule has 0 unspecified atom stereocenters. The molecular formula is C19H25N3O3. The normalized spacial score (nSPS) is 11.8. The number of hydrogen-bond donors (Lipinski definition) is 1. The van der Waals surface area contributed by atoms with E-state index in [1.165, 1.54) is 0 Å². The molecule has 1 heterocycles. The number of carbonyl (C=O) groups excluding carboxylic acids is 2. The van der Waals surface area contributed by atoms with E-state index in [4.69, 9.17) is 4.74 Å². The summed E-state index contributed by atoms with van der Waals surface area (Å²) in [5, 5.41) is 7.20. The number of amides is 1. The van der Waals surface area contributed by atoms with E-state index in [0.29, 0.717) is 5.56 Å². The molecule has 1 aromatic carbocycles. The number of nitrogens with one attached hydrogen (secondary N) is 1. The van der Waals surface area contributed by atoms with Crippen molar-refractivity contribution in [3.63, 3.8) is 0 Å². The Balaban J connectivity index is 1.92. The maximum atomic E-state index is 12.1. The van der Waals surface area contributed by atoms with E-state index in [0.717, 1.165) is 29.9 Å². The number of ether oxygens (including phenoxy) is 1. The molecule has 1 atom stereocenters. The van der Waals surface area contributed by atoms with E-state index in [9.17, 15) is 9.59 Å². The SMILES string of the molecule is CCC[C@H](C)NC(=O)COC(=O)c1ccc(-n2nc(C)cc2C)cc1. The first-order valence-electron chi connectivity index (χ1n) is 8.51. The molecule has 1 aromatic heterocycles. The van der Waals surface area contributed by atoms with Crippen LogP contribution >= 0.6 is 0 Å². The summed E-state index contributed by atoms with van der Waals surface area (Å²) in [5.74, 6) is -0.799. The van der Waals surface area contributed by atoms with Crippen LogP contribution in [0.1, 0.15) is 48.4 Å². The minimum Gasteiger partial charge on any atom is -0.452 e. The largest absolute Gasteiger partial charge is 0.452 e. The Kier molecular flexibility index (Phi) is 6.33. The van der Waals surface area contributed by atoms with Gasteiger partial charge in [0.2, 0.25) is 0 Å². The molecule has 0 spiro atoms. The second kappa shape index (κ2) is 8.46. The third-order valence-electron chi connectivity index (χ3n) is 3.82. The Morgan fingerprint density at radius 3 is 2.48 bits per heavy atom. The predicted octanol–water partition coefficient (Wildman–Crippen LogP) is 2.95. The molecule has 1 amide bonds. The summed E-state index contributed by atoms with van der Waals surface area (Å²) in [6.45, 7) is 7.62. The van der Waals surface area contributed by atoms with Crippen LogP contribution in [0.2, 0.25) is 0 Å². The molecule has 2 rings (SSSR count). The molecule has 0 aliphatic heterocycles. The summed E-state index contributed by atoms with van der Waals surface area (Å²) in [4.78, 5) is 23.8. The van der Waals surface area contributed by atoms with Gasteiger partial charge in [0, 0.05) is 11.7 Å². The molecule has 2 aromatic rings. The van der Waals surface area contributed by atoms with E-state index in [-0.39, 0.29) is 18.6 Å². The zero-order chi connectivity index (χ0) is 18.4. The van der Waals surface area contributed by atoms with E-state index in [2.05, 4.69) is 17.3 Å². The van der Waals surface area contributed by atoms with Crippen LogP contribution in [-0.2, 0) is 9.53 Å². The molecule has 0 fully saturated rings.